The maximum atomic E-state index is 11.7. The summed E-state index contributed by atoms with van der Waals surface area (Å²) >= 11 is 0. The molecule has 1 rings (SSSR count). The fourth-order valence-electron chi connectivity index (χ4n) is 2.83. The summed E-state index contributed by atoms with van der Waals surface area (Å²) in [4.78, 5) is 11.7. The third kappa shape index (κ3) is 6.82. The lowest BCUT2D eigenvalue weighted by molar-refractivity contribution is -0.122. The van der Waals surface area contributed by atoms with Crippen molar-refractivity contribution >= 4 is 5.78 Å². The second-order valence-corrected chi connectivity index (χ2v) is 5.48. The molecule has 0 aromatic heterocycles. The molecule has 100 valence electrons. The lowest BCUT2D eigenvalue weighted by Gasteiger charge is -2.14. The summed E-state index contributed by atoms with van der Waals surface area (Å²) in [5.41, 5.74) is 5.49. The van der Waals surface area contributed by atoms with Crippen molar-refractivity contribution in [2.45, 2.75) is 77.0 Å². The van der Waals surface area contributed by atoms with E-state index in [0.29, 0.717) is 5.78 Å². The van der Waals surface area contributed by atoms with Crippen LogP contribution in [0.2, 0.25) is 0 Å². The van der Waals surface area contributed by atoms with Crippen LogP contribution in [-0.2, 0) is 4.79 Å². The summed E-state index contributed by atoms with van der Waals surface area (Å²) in [6.45, 7) is 0.241. The Morgan fingerprint density at radius 2 is 1.12 bits per heavy atom. The van der Waals surface area contributed by atoms with Crippen LogP contribution in [0, 0.1) is 5.92 Å². The van der Waals surface area contributed by atoms with Crippen LogP contribution in [0.3, 0.4) is 0 Å². The van der Waals surface area contributed by atoms with Gasteiger partial charge in [-0.05, 0) is 12.8 Å². The number of hydrogen-bond donors (Lipinski definition) is 1. The zero-order chi connectivity index (χ0) is 12.3. The van der Waals surface area contributed by atoms with Gasteiger partial charge in [-0.1, -0.05) is 64.2 Å². The van der Waals surface area contributed by atoms with Crippen LogP contribution in [0.25, 0.3) is 0 Å². The predicted octanol–water partition coefficient (Wildman–Crippen LogP) is 3.83. The first kappa shape index (κ1) is 14.7. The van der Waals surface area contributed by atoms with Crippen LogP contribution < -0.4 is 5.73 Å². The van der Waals surface area contributed by atoms with Crippen molar-refractivity contribution in [3.05, 3.63) is 0 Å². The molecule has 2 N–H and O–H groups in total. The Labute approximate surface area is 106 Å². The van der Waals surface area contributed by atoms with E-state index in [1.54, 1.807) is 0 Å². The standard InChI is InChI=1S/C15H29NO/c16-13-15(17)14-11-9-7-5-3-1-2-4-6-8-10-12-14/h14H,1-13,16H2. The number of Topliss-reactive ketones (excluding diaryl/α,β-unsaturated/α-hetero) is 1. The molecule has 0 radical (unpaired) electrons. The molecule has 1 saturated carbocycles. The lowest BCUT2D eigenvalue weighted by Crippen LogP contribution is -2.23. The number of nitrogens with two attached hydrogens (primary N) is 1. The minimum atomic E-state index is 0.241. The molecule has 0 unspecified atom stereocenters. The SMILES string of the molecule is NCC(=O)C1CCCCCCCCCCCC1. The molecule has 17 heavy (non-hydrogen) atoms. The monoisotopic (exact) mass is 239 g/mol. The van der Waals surface area contributed by atoms with E-state index in [0.717, 1.165) is 12.8 Å². The maximum Gasteiger partial charge on any atom is 0.149 e. The molecule has 0 atom stereocenters. The normalized spacial score (nSPS) is 22.2. The predicted molar refractivity (Wildman–Crippen MR) is 73.0 cm³/mol. The molecule has 1 aliphatic carbocycles. The van der Waals surface area contributed by atoms with E-state index >= 15 is 0 Å². The van der Waals surface area contributed by atoms with Crippen molar-refractivity contribution in [3.63, 3.8) is 0 Å². The smallest absolute Gasteiger partial charge is 0.149 e. The number of ketones is 1. The van der Waals surface area contributed by atoms with Crippen LogP contribution in [0.5, 0.6) is 0 Å². The molecule has 2 nitrogen and oxygen atoms in total. The topological polar surface area (TPSA) is 43.1 Å². The van der Waals surface area contributed by atoms with Gasteiger partial charge in [-0.3, -0.25) is 4.79 Å². The number of carbonyl (C=O) groups is 1. The van der Waals surface area contributed by atoms with E-state index < -0.39 is 0 Å². The molecule has 0 saturated heterocycles. The molecule has 0 aliphatic heterocycles. The molecule has 0 amide bonds. The van der Waals surface area contributed by atoms with Gasteiger partial charge < -0.3 is 5.73 Å². The van der Waals surface area contributed by atoms with Crippen molar-refractivity contribution in [1.29, 1.82) is 0 Å². The summed E-state index contributed by atoms with van der Waals surface area (Å²) in [5.74, 6) is 0.556. The summed E-state index contributed by atoms with van der Waals surface area (Å²) in [5, 5.41) is 0. The quantitative estimate of drug-likeness (QED) is 0.796. The summed E-state index contributed by atoms with van der Waals surface area (Å²) in [6.07, 6.45) is 15.5. The van der Waals surface area contributed by atoms with Crippen molar-refractivity contribution < 1.29 is 4.79 Å². The minimum absolute atomic E-state index is 0.241. The Morgan fingerprint density at radius 1 is 0.765 bits per heavy atom. The Morgan fingerprint density at radius 3 is 1.47 bits per heavy atom. The van der Waals surface area contributed by atoms with Crippen LogP contribution in [-0.4, -0.2) is 12.3 Å². The first-order valence-corrected chi connectivity index (χ1v) is 7.57. The maximum absolute atomic E-state index is 11.7. The van der Waals surface area contributed by atoms with E-state index in [2.05, 4.69) is 0 Å². The van der Waals surface area contributed by atoms with E-state index in [4.69, 9.17) is 5.73 Å². The number of hydrogen-bond acceptors (Lipinski definition) is 2. The number of rotatable bonds is 2. The van der Waals surface area contributed by atoms with Crippen molar-refractivity contribution in [3.8, 4) is 0 Å². The fourth-order valence-corrected chi connectivity index (χ4v) is 2.83. The Hall–Kier alpha value is -0.370. The summed E-state index contributed by atoms with van der Waals surface area (Å²) in [6, 6.07) is 0. The average molecular weight is 239 g/mol. The van der Waals surface area contributed by atoms with E-state index in [1.807, 2.05) is 0 Å². The molecule has 2 heteroatoms. The third-order valence-corrected chi connectivity index (χ3v) is 4.01. The number of carbonyl (C=O) groups excluding carboxylic acids is 1. The first-order valence-electron chi connectivity index (χ1n) is 7.57. The highest BCUT2D eigenvalue weighted by molar-refractivity contribution is 5.82. The minimum Gasteiger partial charge on any atom is -0.324 e. The van der Waals surface area contributed by atoms with Crippen molar-refractivity contribution in [2.75, 3.05) is 6.54 Å². The molecule has 0 heterocycles. The Balaban J connectivity index is 2.33. The second kappa shape index (κ2) is 9.64. The molecule has 0 spiro atoms. The van der Waals surface area contributed by atoms with Gasteiger partial charge in [0.15, 0.2) is 0 Å². The fraction of sp³-hybridized carbons (Fsp3) is 0.933. The highest BCUT2D eigenvalue weighted by Crippen LogP contribution is 2.21. The van der Waals surface area contributed by atoms with Gasteiger partial charge in [-0.25, -0.2) is 0 Å². The van der Waals surface area contributed by atoms with Gasteiger partial charge >= 0.3 is 0 Å². The Bertz CT molecular complexity index is 189. The first-order chi connectivity index (χ1) is 8.34. The van der Waals surface area contributed by atoms with Gasteiger partial charge in [0.2, 0.25) is 0 Å². The molecule has 0 aromatic rings. The van der Waals surface area contributed by atoms with Crippen LogP contribution in [0.1, 0.15) is 77.0 Å². The molecule has 0 aromatic carbocycles. The van der Waals surface area contributed by atoms with Crippen molar-refractivity contribution in [2.24, 2.45) is 11.7 Å². The average Bonchev–Trinajstić information content (AvgIpc) is 2.38. The van der Waals surface area contributed by atoms with Gasteiger partial charge in [-0.15, -0.1) is 0 Å². The molecular weight excluding hydrogens is 210 g/mol. The summed E-state index contributed by atoms with van der Waals surface area (Å²) in [7, 11) is 0. The van der Waals surface area contributed by atoms with Crippen molar-refractivity contribution in [1.82, 2.24) is 0 Å². The van der Waals surface area contributed by atoms with Gasteiger partial charge in [0.25, 0.3) is 0 Å². The highest BCUT2D eigenvalue weighted by Gasteiger charge is 2.16. The molecule has 1 fully saturated rings. The zero-order valence-corrected chi connectivity index (χ0v) is 11.3. The van der Waals surface area contributed by atoms with Crippen LogP contribution >= 0.6 is 0 Å². The van der Waals surface area contributed by atoms with Gasteiger partial charge in [0, 0.05) is 5.92 Å². The zero-order valence-electron chi connectivity index (χ0n) is 11.3. The third-order valence-electron chi connectivity index (χ3n) is 4.01. The van der Waals surface area contributed by atoms with E-state index in [1.165, 1.54) is 64.2 Å². The van der Waals surface area contributed by atoms with Gasteiger partial charge in [0.1, 0.15) is 5.78 Å². The largest absolute Gasteiger partial charge is 0.324 e. The van der Waals surface area contributed by atoms with Crippen LogP contribution in [0.4, 0.5) is 0 Å². The Kier molecular flexibility index (Phi) is 8.33. The van der Waals surface area contributed by atoms with Gasteiger partial charge in [0.05, 0.1) is 6.54 Å². The lowest BCUT2D eigenvalue weighted by atomic mass is 9.91. The van der Waals surface area contributed by atoms with E-state index in [-0.39, 0.29) is 12.5 Å². The summed E-state index contributed by atoms with van der Waals surface area (Å²) < 4.78 is 0. The van der Waals surface area contributed by atoms with Gasteiger partial charge in [-0.2, -0.15) is 0 Å². The van der Waals surface area contributed by atoms with E-state index in [9.17, 15) is 4.79 Å². The molecular formula is C15H29NO. The molecule has 1 aliphatic rings. The molecule has 0 bridgehead atoms. The van der Waals surface area contributed by atoms with Crippen LogP contribution in [0.15, 0.2) is 0 Å². The highest BCUT2D eigenvalue weighted by atomic mass is 16.1. The second-order valence-electron chi connectivity index (χ2n) is 5.48.